The van der Waals surface area contributed by atoms with Gasteiger partial charge in [0.2, 0.25) is 0 Å². The zero-order chi connectivity index (χ0) is 18.4. The molecule has 0 aliphatic heterocycles. The van der Waals surface area contributed by atoms with Crippen molar-refractivity contribution in [1.82, 2.24) is 0 Å². The summed E-state index contributed by atoms with van der Waals surface area (Å²) in [5, 5.41) is 14.2. The van der Waals surface area contributed by atoms with Crippen molar-refractivity contribution in [3.05, 3.63) is 63.2 Å². The molecule has 8 heteroatoms. The SMILES string of the molecule is COc1ccc([N+](=O)[O-])cc1NC(=O)C[NH+](C)Cc1ccccc1Cl. The molecule has 25 heavy (non-hydrogen) atoms. The number of amides is 1. The van der Waals surface area contributed by atoms with Crippen molar-refractivity contribution in [3.63, 3.8) is 0 Å². The number of hydrogen-bond acceptors (Lipinski definition) is 4. The van der Waals surface area contributed by atoms with E-state index in [0.29, 0.717) is 17.3 Å². The standard InChI is InChI=1S/C17H18ClN3O4/c1-20(10-12-5-3-4-6-14(12)18)11-17(22)19-15-9-13(21(23)24)7-8-16(15)25-2/h3-9H,10-11H2,1-2H3,(H,19,22)/p+1. The number of nitro groups is 1. The summed E-state index contributed by atoms with van der Waals surface area (Å²) >= 11 is 6.13. The maximum Gasteiger partial charge on any atom is 0.279 e. The van der Waals surface area contributed by atoms with Crippen molar-refractivity contribution in [1.29, 1.82) is 0 Å². The van der Waals surface area contributed by atoms with Gasteiger partial charge in [0, 0.05) is 22.7 Å². The van der Waals surface area contributed by atoms with Gasteiger partial charge in [-0.1, -0.05) is 29.8 Å². The Bertz CT molecular complexity index is 782. The summed E-state index contributed by atoms with van der Waals surface area (Å²) in [5.74, 6) is 0.0889. The molecule has 0 saturated heterocycles. The van der Waals surface area contributed by atoms with Crippen LogP contribution in [0.1, 0.15) is 5.56 Å². The van der Waals surface area contributed by atoms with E-state index in [9.17, 15) is 14.9 Å². The highest BCUT2D eigenvalue weighted by Crippen LogP contribution is 2.28. The quantitative estimate of drug-likeness (QED) is 0.580. The van der Waals surface area contributed by atoms with Crippen molar-refractivity contribution in [3.8, 4) is 5.75 Å². The van der Waals surface area contributed by atoms with Crippen molar-refractivity contribution in [2.24, 2.45) is 0 Å². The van der Waals surface area contributed by atoms with Crippen LogP contribution >= 0.6 is 11.6 Å². The van der Waals surface area contributed by atoms with Crippen LogP contribution in [-0.4, -0.2) is 31.5 Å². The fraction of sp³-hybridized carbons (Fsp3) is 0.235. The Balaban J connectivity index is 2.03. The summed E-state index contributed by atoms with van der Waals surface area (Å²) in [7, 11) is 3.30. The van der Waals surface area contributed by atoms with Crippen molar-refractivity contribution in [2.45, 2.75) is 6.54 Å². The van der Waals surface area contributed by atoms with Crippen LogP contribution in [-0.2, 0) is 11.3 Å². The van der Waals surface area contributed by atoms with E-state index in [1.807, 2.05) is 25.2 Å². The number of carbonyl (C=O) groups excluding carboxylic acids is 1. The molecule has 0 bridgehead atoms. The third-order valence-electron chi connectivity index (χ3n) is 3.58. The lowest BCUT2D eigenvalue weighted by atomic mass is 10.2. The second-order valence-electron chi connectivity index (χ2n) is 5.59. The molecule has 0 aliphatic carbocycles. The van der Waals surface area contributed by atoms with Gasteiger partial charge in [-0.3, -0.25) is 14.9 Å². The zero-order valence-electron chi connectivity index (χ0n) is 13.9. The summed E-state index contributed by atoms with van der Waals surface area (Å²) in [6.45, 7) is 0.760. The third kappa shape index (κ3) is 5.17. The largest absolute Gasteiger partial charge is 0.495 e. The molecule has 0 fully saturated rings. The van der Waals surface area contributed by atoms with Gasteiger partial charge < -0.3 is 15.0 Å². The molecule has 0 radical (unpaired) electrons. The van der Waals surface area contributed by atoms with Gasteiger partial charge in [0.15, 0.2) is 6.54 Å². The van der Waals surface area contributed by atoms with E-state index in [4.69, 9.17) is 16.3 Å². The van der Waals surface area contributed by atoms with Gasteiger partial charge >= 0.3 is 0 Å². The summed E-state index contributed by atoms with van der Waals surface area (Å²) in [4.78, 5) is 23.5. The molecule has 132 valence electrons. The normalized spacial score (nSPS) is 11.6. The maximum absolute atomic E-state index is 12.3. The number of ether oxygens (including phenoxy) is 1. The van der Waals surface area contributed by atoms with Crippen LogP contribution in [0.5, 0.6) is 5.75 Å². The number of anilines is 1. The Labute approximate surface area is 150 Å². The number of halogens is 1. The van der Waals surface area contributed by atoms with Crippen LogP contribution in [0.4, 0.5) is 11.4 Å². The van der Waals surface area contributed by atoms with E-state index in [0.717, 1.165) is 10.5 Å². The molecule has 0 saturated carbocycles. The van der Waals surface area contributed by atoms with E-state index < -0.39 is 4.92 Å². The first-order chi connectivity index (χ1) is 11.9. The molecule has 7 nitrogen and oxygen atoms in total. The second kappa shape index (κ2) is 8.46. The topological polar surface area (TPSA) is 85.9 Å². The van der Waals surface area contributed by atoms with Crippen molar-refractivity contribution >= 4 is 28.9 Å². The highest BCUT2D eigenvalue weighted by atomic mass is 35.5. The predicted molar refractivity (Wildman–Crippen MR) is 95.2 cm³/mol. The van der Waals surface area contributed by atoms with E-state index in [-0.39, 0.29) is 23.8 Å². The molecule has 1 atom stereocenters. The summed E-state index contributed by atoms with van der Waals surface area (Å²) in [6, 6.07) is 11.5. The lowest BCUT2D eigenvalue weighted by Crippen LogP contribution is -3.08. The number of benzene rings is 2. The molecule has 0 heterocycles. The Morgan fingerprint density at radius 3 is 2.68 bits per heavy atom. The van der Waals surface area contributed by atoms with E-state index in [1.54, 1.807) is 6.07 Å². The van der Waals surface area contributed by atoms with Crippen LogP contribution in [0.3, 0.4) is 0 Å². The molecule has 0 spiro atoms. The minimum absolute atomic E-state index is 0.118. The van der Waals surface area contributed by atoms with Gasteiger partial charge in [0.25, 0.3) is 11.6 Å². The minimum Gasteiger partial charge on any atom is -0.495 e. The number of carbonyl (C=O) groups is 1. The number of nitro benzene ring substituents is 1. The van der Waals surface area contributed by atoms with Gasteiger partial charge in [-0.2, -0.15) is 0 Å². The van der Waals surface area contributed by atoms with Gasteiger partial charge in [-0.05, 0) is 12.1 Å². The molecule has 2 aromatic rings. The molecule has 0 aromatic heterocycles. The Kier molecular flexibility index (Phi) is 6.32. The van der Waals surface area contributed by atoms with Crippen LogP contribution in [0.15, 0.2) is 42.5 Å². The lowest BCUT2D eigenvalue weighted by molar-refractivity contribution is -0.885. The van der Waals surface area contributed by atoms with Gasteiger partial charge in [-0.25, -0.2) is 0 Å². The molecular formula is C17H19ClN3O4+. The second-order valence-corrected chi connectivity index (χ2v) is 6.00. The third-order valence-corrected chi connectivity index (χ3v) is 3.95. The summed E-state index contributed by atoms with van der Waals surface area (Å²) in [6.07, 6.45) is 0. The van der Waals surface area contributed by atoms with Gasteiger partial charge in [0.05, 0.1) is 24.8 Å². The molecule has 2 N–H and O–H groups in total. The number of nitrogens with one attached hydrogen (secondary N) is 2. The van der Waals surface area contributed by atoms with E-state index in [2.05, 4.69) is 5.32 Å². The Morgan fingerprint density at radius 2 is 2.04 bits per heavy atom. The number of methoxy groups -OCH3 is 1. The highest BCUT2D eigenvalue weighted by molar-refractivity contribution is 6.31. The van der Waals surface area contributed by atoms with Crippen LogP contribution < -0.4 is 15.0 Å². The summed E-state index contributed by atoms with van der Waals surface area (Å²) in [5.41, 5.74) is 1.10. The molecule has 0 aliphatic rings. The van der Waals surface area contributed by atoms with Gasteiger partial charge in [-0.15, -0.1) is 0 Å². The number of quaternary nitrogens is 1. The number of nitrogens with zero attached hydrogens (tertiary/aromatic N) is 1. The van der Waals surface area contributed by atoms with E-state index >= 15 is 0 Å². The van der Waals surface area contributed by atoms with E-state index in [1.165, 1.54) is 25.3 Å². The van der Waals surface area contributed by atoms with Gasteiger partial charge in [0.1, 0.15) is 12.3 Å². The average Bonchev–Trinajstić information content (AvgIpc) is 2.56. The fourth-order valence-electron chi connectivity index (χ4n) is 2.41. The highest BCUT2D eigenvalue weighted by Gasteiger charge is 2.16. The lowest BCUT2D eigenvalue weighted by Gasteiger charge is -2.15. The summed E-state index contributed by atoms with van der Waals surface area (Å²) < 4.78 is 5.14. The average molecular weight is 365 g/mol. The number of rotatable bonds is 7. The molecular weight excluding hydrogens is 346 g/mol. The number of non-ortho nitro benzene ring substituents is 1. The molecule has 2 aromatic carbocycles. The minimum atomic E-state index is -0.524. The Morgan fingerprint density at radius 1 is 1.32 bits per heavy atom. The smallest absolute Gasteiger partial charge is 0.279 e. The van der Waals surface area contributed by atoms with Crippen molar-refractivity contribution in [2.75, 3.05) is 26.0 Å². The molecule has 2 rings (SSSR count). The first-order valence-electron chi connectivity index (χ1n) is 7.57. The number of hydrogen-bond donors (Lipinski definition) is 2. The zero-order valence-corrected chi connectivity index (χ0v) is 14.7. The first kappa shape index (κ1) is 18.7. The maximum atomic E-state index is 12.3. The predicted octanol–water partition coefficient (Wildman–Crippen LogP) is 1.91. The fourth-order valence-corrected chi connectivity index (χ4v) is 2.61. The van der Waals surface area contributed by atoms with Crippen LogP contribution in [0.2, 0.25) is 5.02 Å². The van der Waals surface area contributed by atoms with Crippen molar-refractivity contribution < 1.29 is 19.4 Å². The van der Waals surface area contributed by atoms with Crippen LogP contribution in [0, 0.1) is 10.1 Å². The molecule has 1 unspecified atom stereocenters. The number of likely N-dealkylation sites (N-methyl/N-ethyl adjacent to an activating group) is 1. The monoisotopic (exact) mass is 364 g/mol. The Hall–Kier alpha value is -2.64. The van der Waals surface area contributed by atoms with Crippen LogP contribution in [0.25, 0.3) is 0 Å². The first-order valence-corrected chi connectivity index (χ1v) is 7.95. The molecule has 1 amide bonds.